The summed E-state index contributed by atoms with van der Waals surface area (Å²) in [4.78, 5) is 17.3. The lowest BCUT2D eigenvalue weighted by atomic mass is 9.99. The average molecular weight is 280 g/mol. The molecule has 4 heteroatoms. The average Bonchev–Trinajstić information content (AvgIpc) is 2.52. The molecule has 0 saturated heterocycles. The van der Waals surface area contributed by atoms with Crippen LogP contribution in [0.15, 0.2) is 48.7 Å². The van der Waals surface area contributed by atoms with Gasteiger partial charge in [0, 0.05) is 30.9 Å². The van der Waals surface area contributed by atoms with E-state index in [1.807, 2.05) is 18.2 Å². The fraction of sp³-hybridized carbons (Fsp3) is 0.176. The van der Waals surface area contributed by atoms with Crippen molar-refractivity contribution in [2.45, 2.75) is 13.0 Å². The van der Waals surface area contributed by atoms with Crippen LogP contribution < -0.4 is 4.90 Å². The number of hydrogen-bond acceptors (Lipinski definition) is 3. The first-order chi connectivity index (χ1) is 10.2. The van der Waals surface area contributed by atoms with Gasteiger partial charge in [-0.25, -0.2) is 9.78 Å². The van der Waals surface area contributed by atoms with Gasteiger partial charge < -0.3 is 10.0 Å². The molecule has 0 saturated carbocycles. The summed E-state index contributed by atoms with van der Waals surface area (Å²) in [6.07, 6.45) is 5.48. The Kier molecular flexibility index (Phi) is 3.69. The van der Waals surface area contributed by atoms with Gasteiger partial charge in [-0.1, -0.05) is 24.3 Å². The van der Waals surface area contributed by atoms with Crippen LogP contribution in [0.2, 0.25) is 0 Å². The number of benzene rings is 1. The number of fused-ring (bicyclic) bond motifs is 1. The van der Waals surface area contributed by atoms with E-state index in [-0.39, 0.29) is 0 Å². The monoisotopic (exact) mass is 280 g/mol. The van der Waals surface area contributed by atoms with Gasteiger partial charge in [0.1, 0.15) is 5.82 Å². The Hall–Kier alpha value is -2.62. The Bertz CT molecular complexity index is 695. The van der Waals surface area contributed by atoms with E-state index < -0.39 is 5.97 Å². The molecule has 1 aromatic carbocycles. The molecule has 0 spiro atoms. The Balaban J connectivity index is 1.90. The van der Waals surface area contributed by atoms with E-state index >= 15 is 0 Å². The molecular formula is C17H16N2O2. The molecule has 2 heterocycles. The van der Waals surface area contributed by atoms with Crippen molar-refractivity contribution in [1.82, 2.24) is 4.98 Å². The lowest BCUT2D eigenvalue weighted by Gasteiger charge is -2.30. The van der Waals surface area contributed by atoms with Crippen LogP contribution in [0.1, 0.15) is 16.7 Å². The van der Waals surface area contributed by atoms with E-state index in [1.54, 1.807) is 12.3 Å². The first-order valence-electron chi connectivity index (χ1n) is 6.92. The van der Waals surface area contributed by atoms with Gasteiger partial charge >= 0.3 is 5.97 Å². The molecule has 0 radical (unpaired) electrons. The van der Waals surface area contributed by atoms with E-state index in [0.29, 0.717) is 0 Å². The van der Waals surface area contributed by atoms with Crippen molar-refractivity contribution in [3.63, 3.8) is 0 Å². The standard InChI is InChI=1S/C17H16N2O2/c20-16(21)8-7-14-6-3-10-18-17(14)19-11-9-13-4-1-2-5-15(13)12-19/h1-8,10H,9,11-12H2,(H,20,21)/b8-7+. The maximum atomic E-state index is 10.7. The van der Waals surface area contributed by atoms with Gasteiger partial charge in [0.25, 0.3) is 0 Å². The second-order valence-electron chi connectivity index (χ2n) is 5.03. The van der Waals surface area contributed by atoms with Gasteiger partial charge in [-0.2, -0.15) is 0 Å². The van der Waals surface area contributed by atoms with Gasteiger partial charge in [-0.05, 0) is 35.8 Å². The van der Waals surface area contributed by atoms with Crippen LogP contribution in [0.3, 0.4) is 0 Å². The lowest BCUT2D eigenvalue weighted by molar-refractivity contribution is -0.131. The third kappa shape index (κ3) is 2.94. The van der Waals surface area contributed by atoms with E-state index in [9.17, 15) is 4.79 Å². The van der Waals surface area contributed by atoms with Gasteiger partial charge in [0.2, 0.25) is 0 Å². The molecule has 1 aliphatic rings. The highest BCUT2D eigenvalue weighted by molar-refractivity contribution is 5.86. The summed E-state index contributed by atoms with van der Waals surface area (Å²) < 4.78 is 0. The molecule has 1 aliphatic heterocycles. The zero-order chi connectivity index (χ0) is 14.7. The summed E-state index contributed by atoms with van der Waals surface area (Å²) >= 11 is 0. The van der Waals surface area contributed by atoms with Crippen molar-refractivity contribution in [2.24, 2.45) is 0 Å². The Morgan fingerprint density at radius 1 is 1.19 bits per heavy atom. The minimum atomic E-state index is -0.950. The molecule has 1 N–H and O–H groups in total. The predicted molar refractivity (Wildman–Crippen MR) is 82.1 cm³/mol. The summed E-state index contributed by atoms with van der Waals surface area (Å²) in [5.41, 5.74) is 3.52. The number of anilines is 1. The summed E-state index contributed by atoms with van der Waals surface area (Å²) in [6, 6.07) is 12.1. The second kappa shape index (κ2) is 5.79. The molecule has 0 amide bonds. The number of aromatic nitrogens is 1. The van der Waals surface area contributed by atoms with E-state index in [0.717, 1.165) is 37.0 Å². The van der Waals surface area contributed by atoms with Crippen LogP contribution in [0, 0.1) is 0 Å². The van der Waals surface area contributed by atoms with Crippen molar-refractivity contribution in [3.8, 4) is 0 Å². The predicted octanol–water partition coefficient (Wildman–Crippen LogP) is 2.74. The van der Waals surface area contributed by atoms with E-state index in [4.69, 9.17) is 5.11 Å². The molecule has 0 fully saturated rings. The van der Waals surface area contributed by atoms with Crippen LogP contribution in [0.25, 0.3) is 6.08 Å². The van der Waals surface area contributed by atoms with E-state index in [2.05, 4.69) is 28.1 Å². The number of pyridine rings is 1. The Morgan fingerprint density at radius 3 is 2.81 bits per heavy atom. The smallest absolute Gasteiger partial charge is 0.328 e. The quantitative estimate of drug-likeness (QED) is 0.878. The van der Waals surface area contributed by atoms with Gasteiger partial charge in [0.05, 0.1) is 0 Å². The molecule has 0 aliphatic carbocycles. The Labute approximate surface area is 123 Å². The minimum absolute atomic E-state index is 0.807. The lowest BCUT2D eigenvalue weighted by Crippen LogP contribution is -2.31. The highest BCUT2D eigenvalue weighted by atomic mass is 16.4. The third-order valence-corrected chi connectivity index (χ3v) is 3.65. The highest BCUT2D eigenvalue weighted by Crippen LogP contribution is 2.26. The molecule has 0 unspecified atom stereocenters. The topological polar surface area (TPSA) is 53.4 Å². The molecule has 4 nitrogen and oxygen atoms in total. The second-order valence-corrected chi connectivity index (χ2v) is 5.03. The van der Waals surface area contributed by atoms with Crippen molar-refractivity contribution in [3.05, 3.63) is 65.4 Å². The maximum absolute atomic E-state index is 10.7. The molecule has 1 aromatic heterocycles. The van der Waals surface area contributed by atoms with Gasteiger partial charge in [0.15, 0.2) is 0 Å². The van der Waals surface area contributed by atoms with Crippen molar-refractivity contribution in [1.29, 1.82) is 0 Å². The van der Waals surface area contributed by atoms with Gasteiger partial charge in [-0.15, -0.1) is 0 Å². The van der Waals surface area contributed by atoms with Crippen molar-refractivity contribution < 1.29 is 9.90 Å². The van der Waals surface area contributed by atoms with Crippen LogP contribution in [-0.4, -0.2) is 22.6 Å². The van der Waals surface area contributed by atoms with Crippen molar-refractivity contribution in [2.75, 3.05) is 11.4 Å². The largest absolute Gasteiger partial charge is 0.478 e. The van der Waals surface area contributed by atoms with Crippen LogP contribution in [0.5, 0.6) is 0 Å². The molecule has 21 heavy (non-hydrogen) atoms. The van der Waals surface area contributed by atoms with E-state index in [1.165, 1.54) is 11.1 Å². The number of aliphatic carboxylic acids is 1. The summed E-state index contributed by atoms with van der Waals surface area (Å²) in [6.45, 7) is 1.70. The normalized spacial score (nSPS) is 14.2. The molecule has 0 atom stereocenters. The zero-order valence-corrected chi connectivity index (χ0v) is 11.6. The van der Waals surface area contributed by atoms with Crippen molar-refractivity contribution >= 4 is 17.9 Å². The Morgan fingerprint density at radius 2 is 2.00 bits per heavy atom. The molecule has 3 rings (SSSR count). The summed E-state index contributed by atoms with van der Waals surface area (Å²) in [5, 5.41) is 8.79. The first kappa shape index (κ1) is 13.4. The highest BCUT2D eigenvalue weighted by Gasteiger charge is 2.18. The number of carbonyl (C=O) groups is 1. The fourth-order valence-electron chi connectivity index (χ4n) is 2.64. The number of hydrogen-bond donors (Lipinski definition) is 1. The number of carboxylic acid groups (broad SMARTS) is 1. The van der Waals surface area contributed by atoms with Crippen LogP contribution in [0.4, 0.5) is 5.82 Å². The third-order valence-electron chi connectivity index (χ3n) is 3.65. The molecule has 106 valence electrons. The zero-order valence-electron chi connectivity index (χ0n) is 11.6. The summed E-state index contributed by atoms with van der Waals surface area (Å²) in [7, 11) is 0. The first-order valence-corrected chi connectivity index (χ1v) is 6.92. The minimum Gasteiger partial charge on any atom is -0.478 e. The molecule has 2 aromatic rings. The number of rotatable bonds is 3. The molecule has 0 bridgehead atoms. The maximum Gasteiger partial charge on any atom is 0.328 e. The number of nitrogens with zero attached hydrogens (tertiary/aromatic N) is 2. The summed E-state index contributed by atoms with van der Waals surface area (Å²) in [5.74, 6) is -0.113. The van der Waals surface area contributed by atoms with Crippen LogP contribution >= 0.6 is 0 Å². The SMILES string of the molecule is O=C(O)/C=C/c1cccnc1N1CCc2ccccc2C1. The van der Waals surface area contributed by atoms with Gasteiger partial charge in [-0.3, -0.25) is 0 Å². The molecular weight excluding hydrogens is 264 g/mol. The van der Waals surface area contributed by atoms with Crippen LogP contribution in [-0.2, 0) is 17.8 Å². The number of carboxylic acids is 1. The fourth-order valence-corrected chi connectivity index (χ4v) is 2.64.